The van der Waals surface area contributed by atoms with E-state index in [2.05, 4.69) is 25.6 Å². The zero-order valence-corrected chi connectivity index (χ0v) is 12.4. The molecule has 0 atom stereocenters. The van der Waals surface area contributed by atoms with Gasteiger partial charge in [-0.1, -0.05) is 0 Å². The zero-order chi connectivity index (χ0) is 13.6. The molecule has 6 nitrogen and oxygen atoms in total. The lowest BCUT2D eigenvalue weighted by Crippen LogP contribution is -2.26. The van der Waals surface area contributed by atoms with Crippen LogP contribution in [0.15, 0.2) is 21.6 Å². The molecule has 1 aromatic rings. The van der Waals surface area contributed by atoms with Gasteiger partial charge in [0, 0.05) is 30.4 Å². The van der Waals surface area contributed by atoms with Crippen molar-refractivity contribution in [2.45, 2.75) is 18.2 Å². The van der Waals surface area contributed by atoms with Gasteiger partial charge in [0.1, 0.15) is 10.7 Å². The Morgan fingerprint density at radius 3 is 2.94 bits per heavy atom. The number of nitrogens with zero attached hydrogens (tertiary/aromatic N) is 1. The van der Waals surface area contributed by atoms with Crippen molar-refractivity contribution < 1.29 is 13.2 Å². The van der Waals surface area contributed by atoms with Crippen LogP contribution in [0.4, 0.5) is 5.82 Å². The molecule has 0 amide bonds. The molecule has 3 N–H and O–H groups in total. The average molecular weight is 338 g/mol. The van der Waals surface area contributed by atoms with Crippen molar-refractivity contribution >= 4 is 31.8 Å². The first-order chi connectivity index (χ1) is 8.47. The second-order valence-corrected chi connectivity index (χ2v) is 6.14. The van der Waals surface area contributed by atoms with Crippen LogP contribution in [-0.4, -0.2) is 33.2 Å². The van der Waals surface area contributed by atoms with Gasteiger partial charge in [-0.25, -0.2) is 18.1 Å². The molecule has 0 spiro atoms. The number of hydrogen-bond donors (Lipinski definition) is 2. The van der Waals surface area contributed by atoms with Crippen molar-refractivity contribution in [3.63, 3.8) is 0 Å². The summed E-state index contributed by atoms with van der Waals surface area (Å²) in [5, 5.41) is 0. The molecular weight excluding hydrogens is 322 g/mol. The molecule has 1 heterocycles. The van der Waals surface area contributed by atoms with Crippen molar-refractivity contribution in [2.24, 2.45) is 0 Å². The third-order valence-electron chi connectivity index (χ3n) is 2.10. The number of nitrogen functional groups attached to an aromatic ring is 1. The first-order valence-corrected chi connectivity index (χ1v) is 7.73. The van der Waals surface area contributed by atoms with Gasteiger partial charge >= 0.3 is 0 Å². The fourth-order valence-corrected chi connectivity index (χ4v) is 2.91. The van der Waals surface area contributed by atoms with Crippen LogP contribution < -0.4 is 10.5 Å². The average Bonchev–Trinajstić information content (AvgIpc) is 2.32. The molecule has 0 aliphatic heterocycles. The molecule has 102 valence electrons. The molecular formula is C10H16BrN3O3S. The van der Waals surface area contributed by atoms with Gasteiger partial charge in [0.15, 0.2) is 0 Å². The minimum atomic E-state index is -3.62. The van der Waals surface area contributed by atoms with Gasteiger partial charge < -0.3 is 10.5 Å². The molecule has 0 aliphatic rings. The van der Waals surface area contributed by atoms with Crippen LogP contribution in [0.5, 0.6) is 0 Å². The van der Waals surface area contributed by atoms with Crippen molar-refractivity contribution in [1.29, 1.82) is 0 Å². The van der Waals surface area contributed by atoms with Crippen molar-refractivity contribution in [3.05, 3.63) is 16.7 Å². The zero-order valence-electron chi connectivity index (χ0n) is 10.0. The summed E-state index contributed by atoms with van der Waals surface area (Å²) in [6.45, 7) is 3.33. The number of aromatic nitrogens is 1. The Kier molecular flexibility index (Phi) is 6.00. The highest BCUT2D eigenvalue weighted by molar-refractivity contribution is 9.10. The SMILES string of the molecule is CCOCCCNS(=O)(=O)c1cc(Br)cnc1N. The quantitative estimate of drug-likeness (QED) is 0.727. The van der Waals surface area contributed by atoms with Gasteiger partial charge in [0.2, 0.25) is 10.0 Å². The van der Waals surface area contributed by atoms with Crippen molar-refractivity contribution in [1.82, 2.24) is 9.71 Å². The van der Waals surface area contributed by atoms with Gasteiger partial charge in [-0.05, 0) is 35.3 Å². The highest BCUT2D eigenvalue weighted by atomic mass is 79.9. The number of halogens is 1. The summed E-state index contributed by atoms with van der Waals surface area (Å²) in [6, 6.07) is 1.42. The number of nitrogens with one attached hydrogen (secondary N) is 1. The fourth-order valence-electron chi connectivity index (χ4n) is 1.25. The molecule has 1 aromatic heterocycles. The minimum absolute atomic E-state index is 0.0180. The maximum atomic E-state index is 11.9. The number of nitrogens with two attached hydrogens (primary N) is 1. The van der Waals surface area contributed by atoms with E-state index in [-0.39, 0.29) is 10.7 Å². The van der Waals surface area contributed by atoms with Crippen LogP contribution in [0.1, 0.15) is 13.3 Å². The summed E-state index contributed by atoms with van der Waals surface area (Å²) in [5.41, 5.74) is 5.55. The van der Waals surface area contributed by atoms with Crippen LogP contribution in [0.3, 0.4) is 0 Å². The summed E-state index contributed by atoms with van der Waals surface area (Å²) in [5.74, 6) is -0.0180. The number of anilines is 1. The van der Waals surface area contributed by atoms with E-state index in [1.54, 1.807) is 0 Å². The Bertz CT molecular complexity index is 493. The monoisotopic (exact) mass is 337 g/mol. The molecule has 1 rings (SSSR count). The highest BCUT2D eigenvalue weighted by Crippen LogP contribution is 2.20. The normalized spacial score (nSPS) is 11.7. The lowest BCUT2D eigenvalue weighted by Gasteiger charge is -2.08. The lowest BCUT2D eigenvalue weighted by molar-refractivity contribution is 0.146. The second kappa shape index (κ2) is 7.03. The highest BCUT2D eigenvalue weighted by Gasteiger charge is 2.18. The summed E-state index contributed by atoms with van der Waals surface area (Å²) >= 11 is 3.16. The summed E-state index contributed by atoms with van der Waals surface area (Å²) in [4.78, 5) is 3.77. The van der Waals surface area contributed by atoms with E-state index in [9.17, 15) is 8.42 Å². The van der Waals surface area contributed by atoms with E-state index >= 15 is 0 Å². The summed E-state index contributed by atoms with van der Waals surface area (Å²) in [7, 11) is -3.62. The Labute approximate surface area is 115 Å². The standard InChI is InChI=1S/C10H16BrN3O3S/c1-2-17-5-3-4-14-18(15,16)9-6-8(11)7-13-10(9)12/h6-7,14H,2-5H2,1H3,(H2,12,13). The molecule has 0 saturated carbocycles. The Hall–Kier alpha value is -0.700. The van der Waals surface area contributed by atoms with Crippen LogP contribution >= 0.6 is 15.9 Å². The lowest BCUT2D eigenvalue weighted by atomic mass is 10.5. The first kappa shape index (κ1) is 15.4. The van der Waals surface area contributed by atoms with Gasteiger partial charge in [0.25, 0.3) is 0 Å². The van der Waals surface area contributed by atoms with Crippen LogP contribution in [-0.2, 0) is 14.8 Å². The van der Waals surface area contributed by atoms with Crippen molar-refractivity contribution in [2.75, 3.05) is 25.5 Å². The first-order valence-electron chi connectivity index (χ1n) is 5.46. The number of rotatable bonds is 7. The smallest absolute Gasteiger partial charge is 0.244 e. The Balaban J connectivity index is 2.66. The van der Waals surface area contributed by atoms with E-state index in [4.69, 9.17) is 10.5 Å². The van der Waals surface area contributed by atoms with Crippen LogP contribution in [0.25, 0.3) is 0 Å². The molecule has 0 radical (unpaired) electrons. The van der Waals surface area contributed by atoms with Gasteiger partial charge in [-0.15, -0.1) is 0 Å². The topological polar surface area (TPSA) is 94.3 Å². The number of pyridine rings is 1. The van der Waals surface area contributed by atoms with Gasteiger partial charge in [-0.3, -0.25) is 0 Å². The van der Waals surface area contributed by atoms with Crippen molar-refractivity contribution in [3.8, 4) is 0 Å². The fraction of sp³-hybridized carbons (Fsp3) is 0.500. The minimum Gasteiger partial charge on any atom is -0.383 e. The van der Waals surface area contributed by atoms with E-state index < -0.39 is 10.0 Å². The van der Waals surface area contributed by atoms with Crippen LogP contribution in [0, 0.1) is 0 Å². The number of ether oxygens (including phenoxy) is 1. The summed E-state index contributed by atoms with van der Waals surface area (Å²) in [6.07, 6.45) is 2.05. The largest absolute Gasteiger partial charge is 0.383 e. The summed E-state index contributed by atoms with van der Waals surface area (Å²) < 4.78 is 32.0. The molecule has 0 fully saturated rings. The van der Waals surface area contributed by atoms with Gasteiger partial charge in [0.05, 0.1) is 0 Å². The van der Waals surface area contributed by atoms with Crippen LogP contribution in [0.2, 0.25) is 0 Å². The molecule has 0 unspecified atom stereocenters. The maximum Gasteiger partial charge on any atom is 0.244 e. The Morgan fingerprint density at radius 1 is 1.56 bits per heavy atom. The van der Waals surface area contributed by atoms with E-state index in [1.807, 2.05) is 6.92 Å². The number of hydrogen-bond acceptors (Lipinski definition) is 5. The number of sulfonamides is 1. The molecule has 0 aromatic carbocycles. The predicted octanol–water partition coefficient (Wildman–Crippen LogP) is 1.13. The third-order valence-corrected chi connectivity index (χ3v) is 4.02. The van der Waals surface area contributed by atoms with E-state index in [1.165, 1.54) is 12.3 Å². The van der Waals surface area contributed by atoms with E-state index in [0.717, 1.165) is 0 Å². The van der Waals surface area contributed by atoms with E-state index in [0.29, 0.717) is 30.7 Å². The molecule has 0 bridgehead atoms. The molecule has 0 aliphatic carbocycles. The predicted molar refractivity (Wildman–Crippen MR) is 72.6 cm³/mol. The molecule has 18 heavy (non-hydrogen) atoms. The molecule has 8 heteroatoms. The maximum absolute atomic E-state index is 11.9. The third kappa shape index (κ3) is 4.52. The molecule has 0 saturated heterocycles. The van der Waals surface area contributed by atoms with Gasteiger partial charge in [-0.2, -0.15) is 0 Å². The second-order valence-electron chi connectivity index (χ2n) is 3.49. The Morgan fingerprint density at radius 2 is 2.28 bits per heavy atom.